The zero-order chi connectivity index (χ0) is 21.8. The number of nitriles is 1. The van der Waals surface area contributed by atoms with E-state index >= 15 is 0 Å². The minimum Gasteiger partial charge on any atom is -0.702 e. The molecule has 157 valence electrons. The molecule has 2 nitrogen and oxygen atoms in total. The Kier molecular flexibility index (Phi) is 10.1. The van der Waals surface area contributed by atoms with Gasteiger partial charge in [-0.15, -0.1) is 6.08 Å². The Labute approximate surface area is 179 Å². The summed E-state index contributed by atoms with van der Waals surface area (Å²) in [7, 11) is -5.07. The van der Waals surface area contributed by atoms with Crippen molar-refractivity contribution in [3.05, 3.63) is 17.5 Å². The third kappa shape index (κ3) is 9.20. The predicted octanol–water partition coefficient (Wildman–Crippen LogP) is 7.90. The molecule has 0 heterocycles. The molecule has 0 spiro atoms. The van der Waals surface area contributed by atoms with Crippen molar-refractivity contribution in [3.63, 3.8) is 0 Å². The molecule has 0 saturated carbocycles. The molecule has 0 bridgehead atoms. The molecule has 1 radical (unpaired) electrons. The van der Waals surface area contributed by atoms with E-state index in [1.54, 1.807) is 0 Å². The molecule has 1 rings (SSSR count). The van der Waals surface area contributed by atoms with E-state index in [0.717, 1.165) is 26.5 Å². The quantitative estimate of drug-likeness (QED) is 0.343. The van der Waals surface area contributed by atoms with Gasteiger partial charge in [-0.25, -0.2) is 0 Å². The van der Waals surface area contributed by atoms with Gasteiger partial charge in [-0.1, -0.05) is 0 Å². The molecular formula is C20H46GeN2Si4-. The molecule has 0 amide bonds. The van der Waals surface area contributed by atoms with Crippen molar-refractivity contribution < 1.29 is 0 Å². The van der Waals surface area contributed by atoms with Crippen LogP contribution < -0.4 is 0 Å². The Balaban J connectivity index is 0.000000941. The third-order valence-corrected chi connectivity index (χ3v) is 54.0. The molecule has 0 aliphatic heterocycles. The summed E-state index contributed by atoms with van der Waals surface area (Å²) >= 11 is -1.73. The molecule has 0 unspecified atom stereocenters. The van der Waals surface area contributed by atoms with Gasteiger partial charge in [0.25, 0.3) is 0 Å². The molecular weight excluding hydrogens is 453 g/mol. The van der Waals surface area contributed by atoms with Crippen LogP contribution in [-0.4, -0.2) is 46.6 Å². The van der Waals surface area contributed by atoms with Crippen LogP contribution in [-0.2, 0) is 0 Å². The van der Waals surface area contributed by atoms with Gasteiger partial charge in [0.1, 0.15) is 0 Å². The number of nitrogens with zero attached hydrogens (tertiary/aromatic N) is 1. The maximum Gasteiger partial charge on any atom is -0.0360 e. The van der Waals surface area contributed by atoms with Gasteiger partial charge in [-0.3, -0.25) is 0 Å². The summed E-state index contributed by atoms with van der Waals surface area (Å²) in [5.41, 5.74) is 7.82. The zero-order valence-electron chi connectivity index (χ0n) is 20.3. The normalized spacial score (nSPS) is 16.3. The number of hydrogen-bond donors (Lipinski definition) is 0. The second kappa shape index (κ2) is 9.96. The van der Waals surface area contributed by atoms with Gasteiger partial charge >= 0.3 is 143 Å². The number of hydrogen-bond acceptors (Lipinski definition) is 1. The van der Waals surface area contributed by atoms with Crippen molar-refractivity contribution in [1.82, 2.24) is 0 Å². The first kappa shape index (κ1) is 27.4. The zero-order valence-corrected chi connectivity index (χ0v) is 26.4. The Hall–Kier alpha value is 0.440. The minimum atomic E-state index is -1.73. The molecule has 0 aromatic rings. The molecule has 0 saturated heterocycles. The summed E-state index contributed by atoms with van der Waals surface area (Å²) in [6, 6.07) is 0. The van der Waals surface area contributed by atoms with Crippen LogP contribution in [0.4, 0.5) is 0 Å². The smallest absolute Gasteiger partial charge is 0.0360 e. The summed E-state index contributed by atoms with van der Waals surface area (Å²) in [5.74, 6) is 0. The van der Waals surface area contributed by atoms with Crippen LogP contribution in [0.5, 0.6) is 0 Å². The summed E-state index contributed by atoms with van der Waals surface area (Å²) in [4.78, 5) is 3.03. The number of nitrogens with one attached hydrogen (secondary N) is 1. The topological polar surface area (TPSA) is 47.6 Å². The average Bonchev–Trinajstić information content (AvgIpc) is 2.82. The van der Waals surface area contributed by atoms with Crippen LogP contribution in [0, 0.1) is 10.2 Å². The van der Waals surface area contributed by atoms with Gasteiger partial charge in [-0.05, 0) is 19.3 Å². The van der Waals surface area contributed by atoms with E-state index in [-0.39, 0.29) is 0 Å². The predicted molar refractivity (Wildman–Crippen MR) is 139 cm³/mol. The number of allylic oxidation sites excluding steroid dienone is 2. The molecule has 0 atom stereocenters. The van der Waals surface area contributed by atoms with Gasteiger partial charge in [0.05, 0.1) is 0 Å². The monoisotopic (exact) mass is 500 g/mol. The molecule has 27 heavy (non-hydrogen) atoms. The summed E-state index contributed by atoms with van der Waals surface area (Å²) in [6.07, 6.45) is 5.34. The van der Waals surface area contributed by atoms with Crippen LogP contribution in [0.3, 0.4) is 0 Å². The van der Waals surface area contributed by atoms with Crippen molar-refractivity contribution >= 4 is 46.6 Å². The largest absolute Gasteiger partial charge is 0.702 e. The minimum absolute atomic E-state index is 0.829. The van der Waals surface area contributed by atoms with Crippen molar-refractivity contribution in [2.24, 2.45) is 0 Å². The van der Waals surface area contributed by atoms with Gasteiger partial charge < -0.3 is 5.73 Å². The second-order valence-electron chi connectivity index (χ2n) is 12.5. The van der Waals surface area contributed by atoms with E-state index in [4.69, 9.17) is 5.73 Å². The van der Waals surface area contributed by atoms with Gasteiger partial charge in [-0.2, -0.15) is 5.70 Å². The third-order valence-electron chi connectivity index (χ3n) is 5.26. The standard InChI is InChI=1S/C15H38GeNSi4.C5H8N/c1-18(2,3)14(19(4,5)6)16(13-17)15(20(7,8)9)21(10,11)12;6-5-3-1-2-4-5/h14-15H,1-12H3;3,6H,1-2,4H2/q;-1. The molecule has 0 fully saturated rings. The van der Waals surface area contributed by atoms with E-state index in [1.807, 2.05) is 6.08 Å². The van der Waals surface area contributed by atoms with E-state index in [2.05, 4.69) is 83.5 Å². The average molecular weight is 500 g/mol. The fourth-order valence-electron chi connectivity index (χ4n) is 5.43. The first-order valence-electron chi connectivity index (χ1n) is 10.5. The summed E-state index contributed by atoms with van der Waals surface area (Å²) in [5, 5.41) is 10.2. The molecule has 1 aliphatic rings. The summed E-state index contributed by atoms with van der Waals surface area (Å²) < 4.78 is 1.75. The van der Waals surface area contributed by atoms with Crippen LogP contribution in [0.15, 0.2) is 11.8 Å². The van der Waals surface area contributed by atoms with Crippen LogP contribution in [0.25, 0.3) is 5.73 Å². The maximum atomic E-state index is 10.2. The van der Waals surface area contributed by atoms with Crippen LogP contribution >= 0.6 is 0 Å². The van der Waals surface area contributed by atoms with Crippen LogP contribution in [0.2, 0.25) is 86.6 Å². The van der Waals surface area contributed by atoms with E-state index < -0.39 is 46.6 Å². The molecule has 1 N–H and O–H groups in total. The van der Waals surface area contributed by atoms with Gasteiger partial charge in [0, 0.05) is 0 Å². The molecule has 0 aromatic carbocycles. The fourth-order valence-corrected chi connectivity index (χ4v) is 62.9. The fraction of sp³-hybridized carbons (Fsp3) is 0.850. The van der Waals surface area contributed by atoms with Gasteiger partial charge in [0.2, 0.25) is 0 Å². The maximum absolute atomic E-state index is 10.2. The van der Waals surface area contributed by atoms with Crippen molar-refractivity contribution in [2.45, 2.75) is 106 Å². The summed E-state index contributed by atoms with van der Waals surface area (Å²) in [6.45, 7) is 30.4. The molecule has 7 heteroatoms. The van der Waals surface area contributed by atoms with Crippen LogP contribution in [0.1, 0.15) is 19.3 Å². The van der Waals surface area contributed by atoms with Crippen molar-refractivity contribution in [3.8, 4) is 4.90 Å². The Morgan fingerprint density at radius 2 is 1.15 bits per heavy atom. The Bertz CT molecular complexity index is 483. The van der Waals surface area contributed by atoms with E-state index in [9.17, 15) is 5.26 Å². The van der Waals surface area contributed by atoms with Gasteiger partial charge in [0.15, 0.2) is 0 Å². The Morgan fingerprint density at radius 3 is 1.26 bits per heavy atom. The van der Waals surface area contributed by atoms with Crippen molar-refractivity contribution in [1.29, 1.82) is 5.26 Å². The SMILES string of the molecule is C[Si](C)(C)[CH]([Ge]([C]#N)[CH]([Si](C)(C)C)[Si](C)(C)C)[Si](C)(C)C.[NH-]C1=CCCC1. The number of rotatable bonds is 6. The molecule has 0 aromatic heterocycles. The second-order valence-corrected chi connectivity index (χ2v) is 44.6. The van der Waals surface area contributed by atoms with Crippen molar-refractivity contribution in [2.75, 3.05) is 0 Å². The molecule has 1 aliphatic carbocycles. The van der Waals surface area contributed by atoms with E-state index in [1.165, 1.54) is 6.42 Å². The Morgan fingerprint density at radius 1 is 0.815 bits per heavy atom. The van der Waals surface area contributed by atoms with E-state index in [0.29, 0.717) is 0 Å². The first-order valence-corrected chi connectivity index (χ1v) is 28.3. The first-order chi connectivity index (χ1) is 11.8.